The molecule has 0 spiro atoms. The summed E-state index contributed by atoms with van der Waals surface area (Å²) in [7, 11) is -4.03. The molecule has 0 saturated carbocycles. The highest BCUT2D eigenvalue weighted by Crippen LogP contribution is 2.19. The highest BCUT2D eigenvalue weighted by molar-refractivity contribution is 7.89. The number of hydrogen-bond acceptors (Lipinski definition) is 6. The van der Waals surface area contributed by atoms with E-state index in [4.69, 9.17) is 4.74 Å². The number of ether oxygens (including phenoxy) is 1. The van der Waals surface area contributed by atoms with Gasteiger partial charge in [0.2, 0.25) is 10.0 Å². The second-order valence-corrected chi connectivity index (χ2v) is 11.1. The molecule has 0 radical (unpaired) electrons. The molecule has 3 aromatic rings. The van der Waals surface area contributed by atoms with Crippen molar-refractivity contribution >= 4 is 16.1 Å². The first-order valence-electron chi connectivity index (χ1n) is 11.9. The molecular formula is C27H32FN3O5S. The summed E-state index contributed by atoms with van der Waals surface area (Å²) in [4.78, 5) is 16.5. The molecule has 1 heterocycles. The lowest BCUT2D eigenvalue weighted by molar-refractivity contribution is 0.0873. The second-order valence-electron chi connectivity index (χ2n) is 9.12. The van der Waals surface area contributed by atoms with E-state index in [1.54, 1.807) is 24.5 Å². The van der Waals surface area contributed by atoms with Gasteiger partial charge in [0.1, 0.15) is 12.4 Å². The van der Waals surface area contributed by atoms with Crippen LogP contribution in [-0.2, 0) is 27.8 Å². The SMILES string of the molecule is CC(C)CN(C[C@@H](O)[C@H](Cc1ccccc1)NC(=O)OCc1cccnc1)S(=O)(=O)c1ccc(F)cc1. The first kappa shape index (κ1) is 28.2. The zero-order valence-corrected chi connectivity index (χ0v) is 21.6. The summed E-state index contributed by atoms with van der Waals surface area (Å²) in [5.41, 5.74) is 1.54. The molecule has 0 bridgehead atoms. The van der Waals surface area contributed by atoms with E-state index in [2.05, 4.69) is 10.3 Å². The maximum Gasteiger partial charge on any atom is 0.407 e. The molecule has 3 rings (SSSR count). The van der Waals surface area contributed by atoms with E-state index < -0.39 is 34.1 Å². The van der Waals surface area contributed by atoms with Gasteiger partial charge in [-0.25, -0.2) is 17.6 Å². The largest absolute Gasteiger partial charge is 0.445 e. The Labute approximate surface area is 217 Å². The maximum absolute atomic E-state index is 13.4. The molecule has 1 amide bonds. The number of alkyl carbamates (subject to hydrolysis) is 1. The van der Waals surface area contributed by atoms with Crippen molar-refractivity contribution in [3.05, 3.63) is 96.1 Å². The third-order valence-corrected chi connectivity index (χ3v) is 7.42. The van der Waals surface area contributed by atoms with Crippen LogP contribution in [-0.4, -0.2) is 54.1 Å². The fourth-order valence-electron chi connectivity index (χ4n) is 3.75. The Morgan fingerprint density at radius 2 is 1.70 bits per heavy atom. The molecule has 0 aliphatic carbocycles. The van der Waals surface area contributed by atoms with Crippen LogP contribution in [0.25, 0.3) is 0 Å². The van der Waals surface area contributed by atoms with Crippen LogP contribution >= 0.6 is 0 Å². The molecule has 8 nitrogen and oxygen atoms in total. The summed E-state index contributed by atoms with van der Waals surface area (Å²) in [6, 6.07) is 16.4. The number of benzene rings is 2. The minimum Gasteiger partial charge on any atom is -0.445 e. The number of nitrogens with one attached hydrogen (secondary N) is 1. The molecule has 0 unspecified atom stereocenters. The van der Waals surface area contributed by atoms with Crippen molar-refractivity contribution in [3.63, 3.8) is 0 Å². The fourth-order valence-corrected chi connectivity index (χ4v) is 5.37. The highest BCUT2D eigenvalue weighted by atomic mass is 32.2. The summed E-state index contributed by atoms with van der Waals surface area (Å²) in [5.74, 6) is -0.598. The van der Waals surface area contributed by atoms with E-state index >= 15 is 0 Å². The molecule has 1 aromatic heterocycles. The van der Waals surface area contributed by atoms with Gasteiger partial charge in [0.15, 0.2) is 0 Å². The predicted octanol–water partition coefficient (Wildman–Crippen LogP) is 3.77. The summed E-state index contributed by atoms with van der Waals surface area (Å²) in [5, 5.41) is 13.9. The number of carbonyl (C=O) groups excluding carboxylic acids is 1. The predicted molar refractivity (Wildman–Crippen MR) is 137 cm³/mol. The molecule has 0 saturated heterocycles. The van der Waals surface area contributed by atoms with Crippen LogP contribution in [0.5, 0.6) is 0 Å². The lowest BCUT2D eigenvalue weighted by atomic mass is 10.0. The molecule has 37 heavy (non-hydrogen) atoms. The number of aliphatic hydroxyl groups excluding tert-OH is 1. The third-order valence-electron chi connectivity index (χ3n) is 5.57. The summed E-state index contributed by atoms with van der Waals surface area (Å²) >= 11 is 0. The van der Waals surface area contributed by atoms with Gasteiger partial charge in [-0.15, -0.1) is 0 Å². The van der Waals surface area contributed by atoms with Crippen LogP contribution in [0.2, 0.25) is 0 Å². The van der Waals surface area contributed by atoms with Crippen molar-refractivity contribution in [3.8, 4) is 0 Å². The number of halogens is 1. The summed E-state index contributed by atoms with van der Waals surface area (Å²) in [6.45, 7) is 3.55. The molecule has 2 atom stereocenters. The minimum absolute atomic E-state index is 0.00769. The normalized spacial score (nSPS) is 13.4. The number of aromatic nitrogens is 1. The van der Waals surface area contributed by atoms with Crippen molar-refractivity contribution in [1.82, 2.24) is 14.6 Å². The standard InChI is InChI=1S/C27H32FN3O5S/c1-20(2)17-31(37(34,35)24-12-10-23(28)11-13-24)18-26(32)25(15-21-7-4-3-5-8-21)30-27(33)36-19-22-9-6-14-29-16-22/h3-14,16,20,25-26,32H,15,17-19H2,1-2H3,(H,30,33)/t25-,26+/m0/s1. The highest BCUT2D eigenvalue weighted by Gasteiger charge is 2.31. The van der Waals surface area contributed by atoms with E-state index in [0.717, 1.165) is 22.0 Å². The Morgan fingerprint density at radius 3 is 2.32 bits per heavy atom. The number of aliphatic hydroxyl groups is 1. The van der Waals surface area contributed by atoms with Crippen LogP contribution in [0.3, 0.4) is 0 Å². The van der Waals surface area contributed by atoms with E-state index in [1.807, 2.05) is 44.2 Å². The minimum atomic E-state index is -4.03. The molecular weight excluding hydrogens is 497 g/mol. The first-order chi connectivity index (χ1) is 17.6. The quantitative estimate of drug-likeness (QED) is 0.370. The number of hydrogen-bond donors (Lipinski definition) is 2. The summed E-state index contributed by atoms with van der Waals surface area (Å²) < 4.78 is 46.6. The lowest BCUT2D eigenvalue weighted by Crippen LogP contribution is -2.51. The number of rotatable bonds is 12. The van der Waals surface area contributed by atoms with Gasteiger partial charge in [0.05, 0.1) is 17.0 Å². The van der Waals surface area contributed by atoms with Gasteiger partial charge in [0.25, 0.3) is 0 Å². The van der Waals surface area contributed by atoms with Gasteiger partial charge in [-0.1, -0.05) is 50.2 Å². The van der Waals surface area contributed by atoms with E-state index in [0.29, 0.717) is 5.56 Å². The van der Waals surface area contributed by atoms with E-state index in [1.165, 1.54) is 12.1 Å². The Balaban J connectivity index is 1.79. The smallest absolute Gasteiger partial charge is 0.407 e. The number of sulfonamides is 1. The van der Waals surface area contributed by atoms with Crippen LogP contribution < -0.4 is 5.32 Å². The maximum atomic E-state index is 13.4. The Kier molecular flexibility index (Phi) is 10.1. The van der Waals surface area contributed by atoms with Crippen LogP contribution in [0.15, 0.2) is 84.0 Å². The zero-order valence-electron chi connectivity index (χ0n) is 20.8. The van der Waals surface area contributed by atoms with Gasteiger partial charge in [-0.2, -0.15) is 4.31 Å². The monoisotopic (exact) mass is 529 g/mol. The van der Waals surface area contributed by atoms with Crippen molar-refractivity contribution in [2.75, 3.05) is 13.1 Å². The van der Waals surface area contributed by atoms with Crippen molar-refractivity contribution in [2.24, 2.45) is 5.92 Å². The van der Waals surface area contributed by atoms with Crippen LogP contribution in [0.4, 0.5) is 9.18 Å². The van der Waals surface area contributed by atoms with Gasteiger partial charge in [0, 0.05) is 31.0 Å². The molecule has 0 aliphatic heterocycles. The average Bonchev–Trinajstić information content (AvgIpc) is 2.88. The number of nitrogens with zero attached hydrogens (tertiary/aromatic N) is 2. The Morgan fingerprint density at radius 1 is 1.03 bits per heavy atom. The van der Waals surface area contributed by atoms with Crippen molar-refractivity contribution in [2.45, 2.75) is 43.9 Å². The van der Waals surface area contributed by atoms with Gasteiger partial charge >= 0.3 is 6.09 Å². The zero-order chi connectivity index (χ0) is 26.8. The molecule has 198 valence electrons. The van der Waals surface area contributed by atoms with Crippen molar-refractivity contribution in [1.29, 1.82) is 0 Å². The van der Waals surface area contributed by atoms with Crippen LogP contribution in [0.1, 0.15) is 25.0 Å². The molecule has 10 heteroatoms. The van der Waals surface area contributed by atoms with Gasteiger partial charge in [-0.3, -0.25) is 4.98 Å². The van der Waals surface area contributed by atoms with E-state index in [9.17, 15) is 22.7 Å². The molecule has 2 aromatic carbocycles. The molecule has 0 fully saturated rings. The van der Waals surface area contributed by atoms with Gasteiger partial charge in [-0.05, 0) is 48.2 Å². The summed E-state index contributed by atoms with van der Waals surface area (Å²) in [6.07, 6.45) is 1.42. The van der Waals surface area contributed by atoms with E-state index in [-0.39, 0.29) is 36.9 Å². The number of amides is 1. The third kappa shape index (κ3) is 8.63. The Hall–Kier alpha value is -3.34. The van der Waals surface area contributed by atoms with Crippen LogP contribution in [0, 0.1) is 11.7 Å². The second kappa shape index (κ2) is 13.3. The molecule has 0 aliphatic rings. The average molecular weight is 530 g/mol. The number of pyridine rings is 1. The number of carbonyl (C=O) groups is 1. The van der Waals surface area contributed by atoms with Gasteiger partial charge < -0.3 is 15.2 Å². The topological polar surface area (TPSA) is 109 Å². The molecule has 2 N–H and O–H groups in total. The van der Waals surface area contributed by atoms with Crippen molar-refractivity contribution < 1.29 is 27.4 Å². The fraction of sp³-hybridized carbons (Fsp3) is 0.333. The lowest BCUT2D eigenvalue weighted by Gasteiger charge is -2.30. The first-order valence-corrected chi connectivity index (χ1v) is 13.4. The Bertz CT molecular complexity index is 1230.